The van der Waals surface area contributed by atoms with Crippen molar-refractivity contribution in [2.24, 2.45) is 5.92 Å². The van der Waals surface area contributed by atoms with Crippen molar-refractivity contribution in [3.63, 3.8) is 0 Å². The lowest BCUT2D eigenvalue weighted by molar-refractivity contribution is -0.124. The number of amides is 1. The molecule has 0 aliphatic carbocycles. The van der Waals surface area contributed by atoms with Crippen molar-refractivity contribution in [3.8, 4) is 0 Å². The summed E-state index contributed by atoms with van der Waals surface area (Å²) in [5.74, 6) is -0.219. The molecular weight excluding hydrogens is 252 g/mol. The van der Waals surface area contributed by atoms with E-state index in [-0.39, 0.29) is 18.4 Å². The van der Waals surface area contributed by atoms with Crippen LogP contribution in [0.2, 0.25) is 5.02 Å². The van der Waals surface area contributed by atoms with E-state index < -0.39 is 6.10 Å². The van der Waals surface area contributed by atoms with Crippen molar-refractivity contribution >= 4 is 17.5 Å². The summed E-state index contributed by atoms with van der Waals surface area (Å²) in [6, 6.07) is 7.06. The maximum absolute atomic E-state index is 11.7. The summed E-state index contributed by atoms with van der Waals surface area (Å²) < 4.78 is 0. The van der Waals surface area contributed by atoms with Crippen LogP contribution in [-0.2, 0) is 4.79 Å². The molecule has 0 bridgehead atoms. The van der Waals surface area contributed by atoms with Gasteiger partial charge in [-0.05, 0) is 13.1 Å². The summed E-state index contributed by atoms with van der Waals surface area (Å²) in [5, 5.41) is 16.1. The highest BCUT2D eigenvalue weighted by Crippen LogP contribution is 2.21. The minimum absolute atomic E-state index is 0.0875. The number of rotatable bonds is 6. The third-order valence-electron chi connectivity index (χ3n) is 2.69. The Morgan fingerprint density at radius 1 is 1.39 bits per heavy atom. The van der Waals surface area contributed by atoms with E-state index in [2.05, 4.69) is 10.6 Å². The van der Waals surface area contributed by atoms with Gasteiger partial charge >= 0.3 is 0 Å². The molecule has 0 radical (unpaired) electrons. The van der Waals surface area contributed by atoms with Crippen molar-refractivity contribution in [3.05, 3.63) is 34.9 Å². The molecule has 1 rings (SSSR count). The Bertz CT molecular complexity index is 398. The second-order valence-corrected chi connectivity index (χ2v) is 4.65. The minimum Gasteiger partial charge on any atom is -0.387 e. The van der Waals surface area contributed by atoms with E-state index in [1.807, 2.05) is 6.92 Å². The minimum atomic E-state index is -0.788. The van der Waals surface area contributed by atoms with Crippen LogP contribution in [0.5, 0.6) is 0 Å². The van der Waals surface area contributed by atoms with Gasteiger partial charge in [0, 0.05) is 29.6 Å². The van der Waals surface area contributed by atoms with Crippen molar-refractivity contribution in [2.45, 2.75) is 13.0 Å². The van der Waals surface area contributed by atoms with Gasteiger partial charge in [-0.1, -0.05) is 36.7 Å². The van der Waals surface area contributed by atoms with E-state index in [9.17, 15) is 9.90 Å². The van der Waals surface area contributed by atoms with Crippen molar-refractivity contribution < 1.29 is 9.90 Å². The van der Waals surface area contributed by atoms with Crippen molar-refractivity contribution in [2.75, 3.05) is 20.1 Å². The van der Waals surface area contributed by atoms with E-state index in [0.29, 0.717) is 17.1 Å². The van der Waals surface area contributed by atoms with Crippen molar-refractivity contribution in [1.29, 1.82) is 0 Å². The zero-order valence-corrected chi connectivity index (χ0v) is 11.4. The van der Waals surface area contributed by atoms with Crippen molar-refractivity contribution in [1.82, 2.24) is 10.6 Å². The largest absolute Gasteiger partial charge is 0.387 e. The lowest BCUT2D eigenvalue weighted by Gasteiger charge is -2.16. The SMILES string of the molecule is CNCC(C)C(=O)NCC(O)c1ccccc1Cl. The van der Waals surface area contributed by atoms with Crippen LogP contribution < -0.4 is 10.6 Å². The molecule has 0 heterocycles. The summed E-state index contributed by atoms with van der Waals surface area (Å²) >= 11 is 5.96. The summed E-state index contributed by atoms with van der Waals surface area (Å²) in [7, 11) is 1.79. The maximum Gasteiger partial charge on any atom is 0.224 e. The van der Waals surface area contributed by atoms with Crippen LogP contribution in [0.4, 0.5) is 0 Å². The Morgan fingerprint density at radius 3 is 2.67 bits per heavy atom. The molecule has 4 nitrogen and oxygen atoms in total. The van der Waals surface area contributed by atoms with Gasteiger partial charge in [-0.25, -0.2) is 0 Å². The first kappa shape index (κ1) is 15.0. The normalized spacial score (nSPS) is 14.0. The monoisotopic (exact) mass is 270 g/mol. The van der Waals surface area contributed by atoms with Gasteiger partial charge in [-0.3, -0.25) is 4.79 Å². The van der Waals surface area contributed by atoms with Gasteiger partial charge in [0.25, 0.3) is 0 Å². The topological polar surface area (TPSA) is 61.4 Å². The number of carbonyl (C=O) groups excluding carboxylic acids is 1. The third kappa shape index (κ3) is 4.29. The van der Waals surface area contributed by atoms with Crippen LogP contribution in [0.15, 0.2) is 24.3 Å². The Labute approximate surface area is 112 Å². The number of carbonyl (C=O) groups is 1. The molecule has 18 heavy (non-hydrogen) atoms. The van der Waals surface area contributed by atoms with Gasteiger partial charge in [0.2, 0.25) is 5.91 Å². The van der Waals surface area contributed by atoms with Crippen LogP contribution >= 0.6 is 11.6 Å². The third-order valence-corrected chi connectivity index (χ3v) is 3.04. The summed E-state index contributed by atoms with van der Waals surface area (Å²) in [5.41, 5.74) is 0.626. The van der Waals surface area contributed by atoms with Gasteiger partial charge in [0.1, 0.15) is 0 Å². The number of halogens is 1. The van der Waals surface area contributed by atoms with E-state index in [1.54, 1.807) is 31.3 Å². The van der Waals surface area contributed by atoms with E-state index in [0.717, 1.165) is 0 Å². The van der Waals surface area contributed by atoms with E-state index in [4.69, 9.17) is 11.6 Å². The molecule has 0 aromatic heterocycles. The highest BCUT2D eigenvalue weighted by Gasteiger charge is 2.15. The molecule has 5 heteroatoms. The first-order valence-electron chi connectivity index (χ1n) is 5.91. The maximum atomic E-state index is 11.7. The Hall–Kier alpha value is -1.10. The smallest absolute Gasteiger partial charge is 0.224 e. The highest BCUT2D eigenvalue weighted by molar-refractivity contribution is 6.31. The lowest BCUT2D eigenvalue weighted by atomic mass is 10.1. The first-order chi connectivity index (χ1) is 8.56. The summed E-state index contributed by atoms with van der Waals surface area (Å²) in [6.07, 6.45) is -0.788. The number of aliphatic hydroxyl groups excluding tert-OH is 1. The number of hydrogen-bond donors (Lipinski definition) is 3. The van der Waals surface area contributed by atoms with Crippen LogP contribution in [0, 0.1) is 5.92 Å². The fraction of sp³-hybridized carbons (Fsp3) is 0.462. The van der Waals surface area contributed by atoms with Crippen LogP contribution in [0.3, 0.4) is 0 Å². The second kappa shape index (κ2) is 7.36. The molecule has 2 atom stereocenters. The van der Waals surface area contributed by atoms with E-state index >= 15 is 0 Å². The average molecular weight is 271 g/mol. The van der Waals surface area contributed by atoms with Gasteiger partial charge in [0.05, 0.1) is 6.10 Å². The van der Waals surface area contributed by atoms with Gasteiger partial charge < -0.3 is 15.7 Å². The number of hydrogen-bond acceptors (Lipinski definition) is 3. The molecule has 0 aliphatic rings. The predicted octanol–water partition coefficient (Wildman–Crippen LogP) is 1.35. The standard InChI is InChI=1S/C13H19ClN2O2/c1-9(7-15-2)13(18)16-8-12(17)10-5-3-4-6-11(10)14/h3-6,9,12,15,17H,7-8H2,1-2H3,(H,16,18). The molecule has 2 unspecified atom stereocenters. The molecule has 100 valence electrons. The summed E-state index contributed by atoms with van der Waals surface area (Å²) in [4.78, 5) is 11.7. The first-order valence-corrected chi connectivity index (χ1v) is 6.28. The molecule has 0 fully saturated rings. The highest BCUT2D eigenvalue weighted by atomic mass is 35.5. The van der Waals surface area contributed by atoms with E-state index in [1.165, 1.54) is 0 Å². The fourth-order valence-electron chi connectivity index (χ4n) is 1.63. The number of aliphatic hydroxyl groups is 1. The molecule has 1 aromatic rings. The second-order valence-electron chi connectivity index (χ2n) is 4.24. The molecule has 0 aliphatic heterocycles. The van der Waals surface area contributed by atoms with Gasteiger partial charge in [-0.15, -0.1) is 0 Å². The average Bonchev–Trinajstić information content (AvgIpc) is 2.36. The quantitative estimate of drug-likeness (QED) is 0.731. The Kier molecular flexibility index (Phi) is 6.12. The lowest BCUT2D eigenvalue weighted by Crippen LogP contribution is -2.36. The summed E-state index contributed by atoms with van der Waals surface area (Å²) in [6.45, 7) is 2.60. The number of benzene rings is 1. The molecule has 0 saturated heterocycles. The van der Waals surface area contributed by atoms with Crippen LogP contribution in [0.25, 0.3) is 0 Å². The van der Waals surface area contributed by atoms with Gasteiger partial charge in [0.15, 0.2) is 0 Å². The number of nitrogens with one attached hydrogen (secondary N) is 2. The molecule has 3 N–H and O–H groups in total. The van der Waals surface area contributed by atoms with Gasteiger partial charge in [-0.2, -0.15) is 0 Å². The zero-order chi connectivity index (χ0) is 13.5. The fourth-order valence-corrected chi connectivity index (χ4v) is 1.89. The molecule has 0 saturated carbocycles. The predicted molar refractivity (Wildman–Crippen MR) is 72.5 cm³/mol. The Morgan fingerprint density at radius 2 is 2.06 bits per heavy atom. The molecule has 1 amide bonds. The molecule has 0 spiro atoms. The zero-order valence-electron chi connectivity index (χ0n) is 10.6. The van der Waals surface area contributed by atoms with Crippen LogP contribution in [0.1, 0.15) is 18.6 Å². The molecular formula is C13H19ClN2O2. The van der Waals surface area contributed by atoms with Crippen LogP contribution in [-0.4, -0.2) is 31.2 Å². The Balaban J connectivity index is 2.49. The molecule has 1 aromatic carbocycles.